The molecule has 4 rings (SSSR count). The third-order valence-electron chi connectivity index (χ3n) is 5.11. The summed E-state index contributed by atoms with van der Waals surface area (Å²) in [6, 6.07) is 15.5. The molecule has 4 nitrogen and oxygen atoms in total. The molecule has 130 valence electrons. The van der Waals surface area contributed by atoms with Gasteiger partial charge in [-0.3, -0.25) is 9.69 Å². The fourth-order valence-electron chi connectivity index (χ4n) is 3.79. The Morgan fingerprint density at radius 3 is 2.40 bits per heavy atom. The van der Waals surface area contributed by atoms with Crippen LogP contribution in [0.5, 0.6) is 11.5 Å². The molecule has 0 aliphatic carbocycles. The van der Waals surface area contributed by atoms with Gasteiger partial charge in [-0.2, -0.15) is 0 Å². The zero-order valence-corrected chi connectivity index (χ0v) is 14.5. The molecular formula is C21H23NO3. The van der Waals surface area contributed by atoms with Gasteiger partial charge in [0.15, 0.2) is 0 Å². The van der Waals surface area contributed by atoms with E-state index in [0.29, 0.717) is 0 Å². The van der Waals surface area contributed by atoms with Crippen molar-refractivity contribution in [3.05, 3.63) is 59.7 Å². The summed E-state index contributed by atoms with van der Waals surface area (Å²) in [7, 11) is 0. The Hall–Kier alpha value is -2.33. The minimum Gasteiger partial charge on any atom is -0.460 e. The number of esters is 1. The topological polar surface area (TPSA) is 38.8 Å². The number of para-hydroxylation sites is 2. The van der Waals surface area contributed by atoms with Gasteiger partial charge in [-0.15, -0.1) is 0 Å². The first-order valence-corrected chi connectivity index (χ1v) is 9.05. The van der Waals surface area contributed by atoms with Crippen LogP contribution in [-0.4, -0.2) is 36.6 Å². The monoisotopic (exact) mass is 337 g/mol. The summed E-state index contributed by atoms with van der Waals surface area (Å²) >= 11 is 0. The third kappa shape index (κ3) is 3.14. The van der Waals surface area contributed by atoms with E-state index in [4.69, 9.17) is 9.47 Å². The van der Waals surface area contributed by atoms with Gasteiger partial charge in [0.25, 0.3) is 0 Å². The molecule has 2 aliphatic heterocycles. The van der Waals surface area contributed by atoms with Crippen molar-refractivity contribution >= 4 is 5.97 Å². The molecule has 1 unspecified atom stereocenters. The molecule has 2 aromatic carbocycles. The van der Waals surface area contributed by atoms with Gasteiger partial charge in [-0.25, -0.2) is 0 Å². The average molecular weight is 337 g/mol. The molecule has 0 N–H and O–H groups in total. The second kappa shape index (κ2) is 6.89. The lowest BCUT2D eigenvalue weighted by atomic mass is 9.88. The SMILES string of the molecule is CCN1CCCC(OC(=O)C2c3ccccc3Oc3ccccc32)C1. The summed E-state index contributed by atoms with van der Waals surface area (Å²) in [6.45, 7) is 5.06. The van der Waals surface area contributed by atoms with Gasteiger partial charge in [0, 0.05) is 17.7 Å². The molecule has 2 heterocycles. The first-order valence-electron chi connectivity index (χ1n) is 9.05. The van der Waals surface area contributed by atoms with Crippen molar-refractivity contribution in [1.29, 1.82) is 0 Å². The van der Waals surface area contributed by atoms with Crippen LogP contribution in [0.3, 0.4) is 0 Å². The molecule has 2 aromatic rings. The van der Waals surface area contributed by atoms with E-state index in [2.05, 4.69) is 11.8 Å². The Morgan fingerprint density at radius 2 is 1.76 bits per heavy atom. The number of nitrogens with zero attached hydrogens (tertiary/aromatic N) is 1. The van der Waals surface area contributed by atoms with Gasteiger partial charge in [0.1, 0.15) is 23.5 Å². The van der Waals surface area contributed by atoms with Crippen LogP contribution in [0.15, 0.2) is 48.5 Å². The molecule has 0 spiro atoms. The van der Waals surface area contributed by atoms with Crippen LogP contribution in [0.1, 0.15) is 36.8 Å². The van der Waals surface area contributed by atoms with Crippen LogP contribution in [0.25, 0.3) is 0 Å². The Bertz CT molecular complexity index is 728. The summed E-state index contributed by atoms with van der Waals surface area (Å²) in [5, 5.41) is 0. The molecule has 0 saturated carbocycles. The van der Waals surface area contributed by atoms with Crippen molar-refractivity contribution in [2.75, 3.05) is 19.6 Å². The van der Waals surface area contributed by atoms with Crippen LogP contribution in [0.2, 0.25) is 0 Å². The normalized spacial score (nSPS) is 20.3. The summed E-state index contributed by atoms with van der Waals surface area (Å²) in [4.78, 5) is 15.4. The van der Waals surface area contributed by atoms with Crippen molar-refractivity contribution < 1.29 is 14.3 Å². The molecular weight excluding hydrogens is 314 g/mol. The predicted octanol–water partition coefficient (Wildman–Crippen LogP) is 3.95. The molecule has 0 radical (unpaired) electrons. The highest BCUT2D eigenvalue weighted by molar-refractivity contribution is 5.85. The van der Waals surface area contributed by atoms with Crippen molar-refractivity contribution in [2.24, 2.45) is 0 Å². The molecule has 0 aromatic heterocycles. The molecule has 1 atom stereocenters. The summed E-state index contributed by atoms with van der Waals surface area (Å²) in [5.41, 5.74) is 1.77. The summed E-state index contributed by atoms with van der Waals surface area (Å²) in [6.07, 6.45) is 1.99. The maximum Gasteiger partial charge on any atom is 0.318 e. The van der Waals surface area contributed by atoms with Gasteiger partial charge >= 0.3 is 5.97 Å². The van der Waals surface area contributed by atoms with Gasteiger partial charge in [0.05, 0.1) is 0 Å². The number of carbonyl (C=O) groups excluding carboxylic acids is 1. The minimum absolute atomic E-state index is 0.0247. The maximum absolute atomic E-state index is 13.1. The molecule has 4 heteroatoms. The Morgan fingerprint density at radius 1 is 1.12 bits per heavy atom. The zero-order chi connectivity index (χ0) is 17.2. The van der Waals surface area contributed by atoms with Crippen LogP contribution < -0.4 is 4.74 Å². The van der Waals surface area contributed by atoms with Gasteiger partial charge in [-0.1, -0.05) is 43.3 Å². The first-order chi connectivity index (χ1) is 12.3. The number of benzene rings is 2. The van der Waals surface area contributed by atoms with Crippen molar-refractivity contribution in [3.8, 4) is 11.5 Å². The van der Waals surface area contributed by atoms with Gasteiger partial charge in [-0.05, 0) is 38.1 Å². The van der Waals surface area contributed by atoms with Gasteiger partial charge in [0.2, 0.25) is 0 Å². The highest BCUT2D eigenvalue weighted by Gasteiger charge is 2.35. The second-order valence-corrected chi connectivity index (χ2v) is 6.71. The Labute approximate surface area is 148 Å². The van der Waals surface area contributed by atoms with E-state index >= 15 is 0 Å². The lowest BCUT2D eigenvalue weighted by Crippen LogP contribution is -2.41. The number of ether oxygens (including phenoxy) is 2. The Balaban J connectivity index is 1.62. The number of fused-ring (bicyclic) bond motifs is 2. The third-order valence-corrected chi connectivity index (χ3v) is 5.11. The van der Waals surface area contributed by atoms with Crippen molar-refractivity contribution in [1.82, 2.24) is 4.90 Å². The van der Waals surface area contributed by atoms with E-state index in [-0.39, 0.29) is 12.1 Å². The molecule has 0 bridgehead atoms. The second-order valence-electron chi connectivity index (χ2n) is 6.71. The largest absolute Gasteiger partial charge is 0.460 e. The average Bonchev–Trinajstić information content (AvgIpc) is 2.66. The number of likely N-dealkylation sites (tertiary alicyclic amines) is 1. The quantitative estimate of drug-likeness (QED) is 0.795. The van der Waals surface area contributed by atoms with E-state index in [1.807, 2.05) is 48.5 Å². The van der Waals surface area contributed by atoms with E-state index in [9.17, 15) is 4.79 Å². The van der Waals surface area contributed by atoms with Crippen LogP contribution >= 0.6 is 0 Å². The number of carbonyl (C=O) groups is 1. The van der Waals surface area contributed by atoms with Gasteiger partial charge < -0.3 is 9.47 Å². The van der Waals surface area contributed by atoms with E-state index in [1.54, 1.807) is 0 Å². The maximum atomic E-state index is 13.1. The van der Waals surface area contributed by atoms with Crippen molar-refractivity contribution in [2.45, 2.75) is 31.8 Å². The highest BCUT2D eigenvalue weighted by Crippen LogP contribution is 2.44. The smallest absolute Gasteiger partial charge is 0.318 e. The standard InChI is InChI=1S/C21H23NO3/c1-2-22-13-7-8-15(14-22)24-21(23)20-16-9-3-5-11-18(16)25-19-12-6-4-10-17(19)20/h3-6,9-12,15,20H,2,7-8,13-14H2,1H3. The number of likely N-dealkylation sites (N-methyl/N-ethyl adjacent to an activating group) is 1. The Kier molecular flexibility index (Phi) is 4.45. The fourth-order valence-corrected chi connectivity index (χ4v) is 3.79. The lowest BCUT2D eigenvalue weighted by molar-refractivity contribution is -0.152. The zero-order valence-electron chi connectivity index (χ0n) is 14.5. The highest BCUT2D eigenvalue weighted by atomic mass is 16.5. The van der Waals surface area contributed by atoms with Crippen LogP contribution in [0, 0.1) is 0 Å². The lowest BCUT2D eigenvalue weighted by Gasteiger charge is -2.33. The summed E-state index contributed by atoms with van der Waals surface area (Å²) in [5.74, 6) is 0.883. The first kappa shape index (κ1) is 16.2. The molecule has 0 amide bonds. The van der Waals surface area contributed by atoms with Crippen LogP contribution in [-0.2, 0) is 9.53 Å². The van der Waals surface area contributed by atoms with E-state index in [1.165, 1.54) is 0 Å². The van der Waals surface area contributed by atoms with E-state index < -0.39 is 5.92 Å². The number of piperidine rings is 1. The summed E-state index contributed by atoms with van der Waals surface area (Å²) < 4.78 is 11.9. The van der Waals surface area contributed by atoms with Crippen molar-refractivity contribution in [3.63, 3.8) is 0 Å². The number of hydrogen-bond donors (Lipinski definition) is 0. The number of hydrogen-bond acceptors (Lipinski definition) is 4. The van der Waals surface area contributed by atoms with Crippen LogP contribution in [0.4, 0.5) is 0 Å². The predicted molar refractivity (Wildman–Crippen MR) is 96.0 cm³/mol. The molecule has 25 heavy (non-hydrogen) atoms. The molecule has 2 aliphatic rings. The fraction of sp³-hybridized carbons (Fsp3) is 0.381. The van der Waals surface area contributed by atoms with E-state index in [0.717, 1.165) is 55.1 Å². The minimum atomic E-state index is -0.418. The molecule has 1 saturated heterocycles. The molecule has 1 fully saturated rings. The number of rotatable bonds is 3.